The number of ether oxygens (including phenoxy) is 1. The van der Waals surface area contributed by atoms with Gasteiger partial charge in [-0.15, -0.1) is 0 Å². The molecular formula is C17H19NO3. The van der Waals surface area contributed by atoms with E-state index < -0.39 is 5.97 Å². The van der Waals surface area contributed by atoms with E-state index >= 15 is 0 Å². The van der Waals surface area contributed by atoms with Crippen LogP contribution in [0.4, 0.5) is 0 Å². The number of benzene rings is 1. The van der Waals surface area contributed by atoms with E-state index in [1.165, 1.54) is 0 Å². The molecule has 0 atom stereocenters. The molecule has 2 aromatic rings. The van der Waals surface area contributed by atoms with Crippen molar-refractivity contribution >= 4 is 11.8 Å². The maximum atomic E-state index is 12.3. The van der Waals surface area contributed by atoms with Crippen molar-refractivity contribution < 1.29 is 14.3 Å². The molecule has 110 valence electrons. The van der Waals surface area contributed by atoms with Crippen LogP contribution in [0.25, 0.3) is 0 Å². The van der Waals surface area contributed by atoms with E-state index in [0.29, 0.717) is 11.3 Å². The van der Waals surface area contributed by atoms with Gasteiger partial charge in [-0.05, 0) is 62.1 Å². The fourth-order valence-corrected chi connectivity index (χ4v) is 2.45. The minimum absolute atomic E-state index is 0.173. The van der Waals surface area contributed by atoms with Gasteiger partial charge in [0.2, 0.25) is 5.78 Å². The number of H-pyrrole nitrogens is 1. The predicted octanol–water partition coefficient (Wildman–Crippen LogP) is 3.29. The minimum Gasteiger partial charge on any atom is -0.453 e. The largest absolute Gasteiger partial charge is 0.453 e. The molecule has 4 nitrogen and oxygen atoms in total. The molecule has 0 fully saturated rings. The van der Waals surface area contributed by atoms with E-state index in [1.54, 1.807) is 18.3 Å². The van der Waals surface area contributed by atoms with Gasteiger partial charge >= 0.3 is 5.97 Å². The van der Waals surface area contributed by atoms with E-state index in [4.69, 9.17) is 4.74 Å². The Morgan fingerprint density at radius 3 is 2.43 bits per heavy atom. The lowest BCUT2D eigenvalue weighted by atomic mass is 9.92. The van der Waals surface area contributed by atoms with Crippen LogP contribution in [0.3, 0.4) is 0 Å². The molecule has 1 heterocycles. The Kier molecular flexibility index (Phi) is 4.26. The van der Waals surface area contributed by atoms with Gasteiger partial charge in [0, 0.05) is 11.8 Å². The first kappa shape index (κ1) is 15.0. The lowest BCUT2D eigenvalue weighted by Crippen LogP contribution is -2.17. The molecule has 0 unspecified atom stereocenters. The van der Waals surface area contributed by atoms with Crippen molar-refractivity contribution in [1.29, 1.82) is 0 Å². The fraction of sp³-hybridized carbons (Fsp3) is 0.294. The smallest absolute Gasteiger partial charge is 0.355 e. The second-order valence-electron chi connectivity index (χ2n) is 5.22. The summed E-state index contributed by atoms with van der Waals surface area (Å²) < 4.78 is 5.06. The molecule has 1 N–H and O–H groups in total. The lowest BCUT2D eigenvalue weighted by molar-refractivity contribution is 0.0469. The van der Waals surface area contributed by atoms with Gasteiger partial charge in [0.15, 0.2) is 6.61 Å². The Bertz CT molecular complexity index is 685. The van der Waals surface area contributed by atoms with E-state index in [9.17, 15) is 9.59 Å². The molecule has 0 bridgehead atoms. The number of Topliss-reactive ketones (excluding diaryl/α,β-unsaturated/α-hetero) is 1. The number of carbonyl (C=O) groups excluding carboxylic acids is 2. The molecule has 0 amide bonds. The molecule has 0 aliphatic heterocycles. The van der Waals surface area contributed by atoms with Gasteiger partial charge in [0.05, 0.1) is 0 Å². The van der Waals surface area contributed by atoms with Crippen LogP contribution < -0.4 is 0 Å². The zero-order chi connectivity index (χ0) is 15.6. The summed E-state index contributed by atoms with van der Waals surface area (Å²) in [5.74, 6) is -0.694. The lowest BCUT2D eigenvalue weighted by Gasteiger charge is -2.14. The third-order valence-electron chi connectivity index (χ3n) is 3.79. The summed E-state index contributed by atoms with van der Waals surface area (Å²) in [6.45, 7) is 7.59. The number of nitrogens with one attached hydrogen (secondary N) is 1. The molecule has 1 aromatic heterocycles. The highest BCUT2D eigenvalue weighted by Crippen LogP contribution is 2.22. The summed E-state index contributed by atoms with van der Waals surface area (Å²) in [7, 11) is 0. The summed E-state index contributed by atoms with van der Waals surface area (Å²) in [6, 6.07) is 5.30. The van der Waals surface area contributed by atoms with E-state index in [0.717, 1.165) is 22.3 Å². The van der Waals surface area contributed by atoms with Crippen molar-refractivity contribution in [3.8, 4) is 0 Å². The number of carbonyl (C=O) groups is 2. The third kappa shape index (κ3) is 3.05. The van der Waals surface area contributed by atoms with Crippen LogP contribution >= 0.6 is 0 Å². The minimum atomic E-state index is -0.521. The van der Waals surface area contributed by atoms with Gasteiger partial charge in [-0.1, -0.05) is 6.07 Å². The molecule has 21 heavy (non-hydrogen) atoms. The Balaban J connectivity index is 2.15. The molecule has 2 rings (SSSR count). The first-order chi connectivity index (χ1) is 9.91. The van der Waals surface area contributed by atoms with Crippen molar-refractivity contribution in [3.63, 3.8) is 0 Å². The highest BCUT2D eigenvalue weighted by atomic mass is 16.5. The molecule has 0 saturated heterocycles. The molecule has 0 aliphatic rings. The maximum absolute atomic E-state index is 12.3. The monoisotopic (exact) mass is 285 g/mol. The highest BCUT2D eigenvalue weighted by molar-refractivity contribution is 6.01. The van der Waals surface area contributed by atoms with E-state index in [2.05, 4.69) is 4.98 Å². The van der Waals surface area contributed by atoms with Gasteiger partial charge in [-0.3, -0.25) is 4.79 Å². The number of hydrogen-bond donors (Lipinski definition) is 1. The van der Waals surface area contributed by atoms with Crippen molar-refractivity contribution in [2.45, 2.75) is 27.7 Å². The Hall–Kier alpha value is -2.36. The molecule has 4 heteroatoms. The maximum Gasteiger partial charge on any atom is 0.355 e. The number of esters is 1. The molecule has 0 spiro atoms. The molecule has 0 saturated carbocycles. The Morgan fingerprint density at radius 1 is 1.10 bits per heavy atom. The number of rotatable bonds is 4. The second-order valence-corrected chi connectivity index (χ2v) is 5.22. The van der Waals surface area contributed by atoms with Gasteiger partial charge in [0.25, 0.3) is 0 Å². The summed E-state index contributed by atoms with van der Waals surface area (Å²) in [5.41, 5.74) is 5.11. The summed E-state index contributed by atoms with van der Waals surface area (Å²) in [5, 5.41) is 0. The number of ketones is 1. The highest BCUT2D eigenvalue weighted by Gasteiger charge is 2.17. The van der Waals surface area contributed by atoms with Crippen molar-refractivity contribution in [2.75, 3.05) is 6.61 Å². The van der Waals surface area contributed by atoms with E-state index in [-0.39, 0.29) is 12.4 Å². The van der Waals surface area contributed by atoms with Crippen LogP contribution in [0.5, 0.6) is 0 Å². The zero-order valence-electron chi connectivity index (χ0n) is 12.7. The number of hydrogen-bond acceptors (Lipinski definition) is 3. The number of aryl methyl sites for hydroxylation is 2. The first-order valence-electron chi connectivity index (χ1n) is 6.83. The van der Waals surface area contributed by atoms with Crippen LogP contribution in [0.2, 0.25) is 0 Å². The Morgan fingerprint density at radius 2 is 1.81 bits per heavy atom. The zero-order valence-corrected chi connectivity index (χ0v) is 12.7. The van der Waals surface area contributed by atoms with Crippen molar-refractivity contribution in [3.05, 3.63) is 57.9 Å². The van der Waals surface area contributed by atoms with Gasteiger partial charge in [-0.2, -0.15) is 0 Å². The standard InChI is InChI=1S/C17H19NO3/c1-10-8-11(2)16(13(4)12(10)3)15(19)9-21-17(20)14-6-5-7-18-14/h5-8,18H,9H2,1-4H3. The van der Waals surface area contributed by atoms with Crippen LogP contribution in [-0.4, -0.2) is 23.3 Å². The number of aromatic nitrogens is 1. The SMILES string of the molecule is Cc1cc(C)c(C(=O)COC(=O)c2ccc[nH]2)c(C)c1C. The van der Waals surface area contributed by atoms with Gasteiger partial charge in [-0.25, -0.2) is 4.79 Å². The summed E-state index contributed by atoms with van der Waals surface area (Å²) in [4.78, 5) is 26.8. The average Bonchev–Trinajstić information content (AvgIpc) is 2.96. The third-order valence-corrected chi connectivity index (χ3v) is 3.79. The van der Waals surface area contributed by atoms with Crippen LogP contribution in [-0.2, 0) is 4.74 Å². The summed E-state index contributed by atoms with van der Waals surface area (Å²) >= 11 is 0. The quantitative estimate of drug-likeness (QED) is 0.692. The molecule has 1 aromatic carbocycles. The van der Waals surface area contributed by atoms with Crippen LogP contribution in [0.1, 0.15) is 43.1 Å². The van der Waals surface area contributed by atoms with Crippen LogP contribution in [0.15, 0.2) is 24.4 Å². The number of aromatic amines is 1. The van der Waals surface area contributed by atoms with Gasteiger partial charge in [0.1, 0.15) is 5.69 Å². The molecule has 0 radical (unpaired) electrons. The van der Waals surface area contributed by atoms with Crippen molar-refractivity contribution in [2.24, 2.45) is 0 Å². The Labute approximate surface area is 124 Å². The normalized spacial score (nSPS) is 10.5. The molecular weight excluding hydrogens is 266 g/mol. The van der Waals surface area contributed by atoms with Crippen molar-refractivity contribution in [1.82, 2.24) is 4.98 Å². The fourth-order valence-electron chi connectivity index (χ4n) is 2.45. The van der Waals surface area contributed by atoms with Gasteiger partial charge < -0.3 is 9.72 Å². The van der Waals surface area contributed by atoms with E-state index in [1.807, 2.05) is 33.8 Å². The molecule has 0 aliphatic carbocycles. The first-order valence-corrected chi connectivity index (χ1v) is 6.83. The average molecular weight is 285 g/mol. The topological polar surface area (TPSA) is 59.2 Å². The second kappa shape index (κ2) is 5.95. The van der Waals surface area contributed by atoms with Crippen LogP contribution in [0, 0.1) is 27.7 Å². The summed E-state index contributed by atoms with van der Waals surface area (Å²) in [6.07, 6.45) is 1.63. The predicted molar refractivity (Wildman–Crippen MR) is 80.8 cm³/mol.